The molecule has 0 bridgehead atoms. The second kappa shape index (κ2) is 3.66. The normalized spacial score (nSPS) is 22.0. The van der Waals surface area contributed by atoms with Gasteiger partial charge < -0.3 is 5.32 Å². The van der Waals surface area contributed by atoms with E-state index in [4.69, 9.17) is 0 Å². The third-order valence-electron chi connectivity index (χ3n) is 3.14. The van der Waals surface area contributed by atoms with Crippen molar-refractivity contribution >= 4 is 5.52 Å². The number of fused-ring (bicyclic) bond motifs is 1. The van der Waals surface area contributed by atoms with Crippen LogP contribution in [-0.2, 0) is 0 Å². The second-order valence-electron chi connectivity index (χ2n) is 4.13. The van der Waals surface area contributed by atoms with Gasteiger partial charge in [0, 0.05) is 17.8 Å². The molecule has 0 aromatic carbocycles. The van der Waals surface area contributed by atoms with Crippen LogP contribution in [0, 0.1) is 0 Å². The number of piperidine rings is 1. The molecule has 3 heteroatoms. The maximum Gasteiger partial charge on any atom is 0.0709 e. The van der Waals surface area contributed by atoms with Crippen LogP contribution in [0.5, 0.6) is 0 Å². The summed E-state index contributed by atoms with van der Waals surface area (Å²) in [6.45, 7) is 1.13. The summed E-state index contributed by atoms with van der Waals surface area (Å²) in [5.41, 5.74) is 2.58. The SMILES string of the molecule is c1ccn2ncc(C3CCCCN3)c2c1. The lowest BCUT2D eigenvalue weighted by atomic mass is 9.99. The summed E-state index contributed by atoms with van der Waals surface area (Å²) in [4.78, 5) is 0. The van der Waals surface area contributed by atoms with E-state index in [2.05, 4.69) is 22.5 Å². The van der Waals surface area contributed by atoms with Gasteiger partial charge in [-0.2, -0.15) is 5.10 Å². The predicted molar refractivity (Wildman–Crippen MR) is 59.8 cm³/mol. The quantitative estimate of drug-likeness (QED) is 0.766. The Kier molecular flexibility index (Phi) is 2.18. The van der Waals surface area contributed by atoms with Gasteiger partial charge in [0.25, 0.3) is 0 Å². The fourth-order valence-electron chi connectivity index (χ4n) is 2.34. The molecule has 2 aromatic rings. The highest BCUT2D eigenvalue weighted by Gasteiger charge is 2.17. The molecule has 1 N–H and O–H groups in total. The Bertz CT molecular complexity index is 455. The van der Waals surface area contributed by atoms with Crippen molar-refractivity contribution in [3.63, 3.8) is 0 Å². The Morgan fingerprint density at radius 3 is 3.20 bits per heavy atom. The molecule has 1 aliphatic heterocycles. The molecule has 0 aliphatic carbocycles. The molecule has 1 unspecified atom stereocenters. The summed E-state index contributed by atoms with van der Waals surface area (Å²) in [6, 6.07) is 6.72. The number of pyridine rings is 1. The molecule has 1 atom stereocenters. The number of nitrogens with zero attached hydrogens (tertiary/aromatic N) is 2. The maximum absolute atomic E-state index is 4.37. The lowest BCUT2D eigenvalue weighted by Crippen LogP contribution is -2.26. The molecule has 1 fully saturated rings. The molecule has 0 saturated carbocycles. The van der Waals surface area contributed by atoms with Crippen LogP contribution in [0.15, 0.2) is 30.6 Å². The van der Waals surface area contributed by atoms with Crippen molar-refractivity contribution in [2.75, 3.05) is 6.54 Å². The van der Waals surface area contributed by atoms with Crippen LogP contribution in [0.3, 0.4) is 0 Å². The summed E-state index contributed by atoms with van der Waals surface area (Å²) in [7, 11) is 0. The number of nitrogens with one attached hydrogen (secondary N) is 1. The molecule has 0 spiro atoms. The minimum Gasteiger partial charge on any atom is -0.310 e. The summed E-state index contributed by atoms with van der Waals surface area (Å²) in [5, 5.41) is 7.93. The zero-order valence-electron chi connectivity index (χ0n) is 8.69. The van der Waals surface area contributed by atoms with Gasteiger partial charge in [0.1, 0.15) is 0 Å². The molecule has 78 valence electrons. The third kappa shape index (κ3) is 1.53. The molecule has 15 heavy (non-hydrogen) atoms. The molecular formula is C12H15N3. The van der Waals surface area contributed by atoms with Crippen molar-refractivity contribution in [2.24, 2.45) is 0 Å². The third-order valence-corrected chi connectivity index (χ3v) is 3.14. The number of hydrogen-bond donors (Lipinski definition) is 1. The highest BCUT2D eigenvalue weighted by Crippen LogP contribution is 2.25. The second-order valence-corrected chi connectivity index (χ2v) is 4.13. The van der Waals surface area contributed by atoms with Gasteiger partial charge in [0.05, 0.1) is 11.7 Å². The molecule has 3 nitrogen and oxygen atoms in total. The lowest BCUT2D eigenvalue weighted by Gasteiger charge is -2.22. The largest absolute Gasteiger partial charge is 0.310 e. The van der Waals surface area contributed by atoms with Crippen LogP contribution in [0.4, 0.5) is 0 Å². The van der Waals surface area contributed by atoms with Gasteiger partial charge in [0.15, 0.2) is 0 Å². The first-order chi connectivity index (χ1) is 7.45. The highest BCUT2D eigenvalue weighted by atomic mass is 15.2. The molecule has 1 saturated heterocycles. The average molecular weight is 201 g/mol. The molecule has 3 heterocycles. The minimum atomic E-state index is 0.499. The molecule has 0 radical (unpaired) electrons. The molecule has 0 amide bonds. The average Bonchev–Trinajstić information content (AvgIpc) is 2.74. The van der Waals surface area contributed by atoms with Gasteiger partial charge in [-0.05, 0) is 31.5 Å². The van der Waals surface area contributed by atoms with E-state index in [0.717, 1.165) is 6.54 Å². The molecular weight excluding hydrogens is 186 g/mol. The van der Waals surface area contributed by atoms with E-state index in [1.807, 2.05) is 23.0 Å². The fraction of sp³-hybridized carbons (Fsp3) is 0.417. The van der Waals surface area contributed by atoms with Gasteiger partial charge >= 0.3 is 0 Å². The summed E-state index contributed by atoms with van der Waals surface area (Å²) >= 11 is 0. The topological polar surface area (TPSA) is 29.3 Å². The van der Waals surface area contributed by atoms with Gasteiger partial charge in [0.2, 0.25) is 0 Å². The van der Waals surface area contributed by atoms with Crippen molar-refractivity contribution < 1.29 is 0 Å². The van der Waals surface area contributed by atoms with E-state index in [1.165, 1.54) is 30.3 Å². The first kappa shape index (κ1) is 8.92. The highest BCUT2D eigenvalue weighted by molar-refractivity contribution is 5.54. The molecule has 2 aromatic heterocycles. The lowest BCUT2D eigenvalue weighted by molar-refractivity contribution is 0.414. The van der Waals surface area contributed by atoms with Crippen molar-refractivity contribution in [3.05, 3.63) is 36.2 Å². The van der Waals surface area contributed by atoms with Gasteiger partial charge in [-0.25, -0.2) is 4.52 Å². The van der Waals surface area contributed by atoms with E-state index in [1.54, 1.807) is 0 Å². The summed E-state index contributed by atoms with van der Waals surface area (Å²) in [6.07, 6.45) is 7.85. The first-order valence-corrected chi connectivity index (χ1v) is 5.61. The Balaban J connectivity index is 2.02. The Morgan fingerprint density at radius 2 is 2.33 bits per heavy atom. The van der Waals surface area contributed by atoms with Crippen molar-refractivity contribution in [1.82, 2.24) is 14.9 Å². The zero-order chi connectivity index (χ0) is 10.1. The Hall–Kier alpha value is -1.35. The van der Waals surface area contributed by atoms with Crippen molar-refractivity contribution in [2.45, 2.75) is 25.3 Å². The fourth-order valence-corrected chi connectivity index (χ4v) is 2.34. The zero-order valence-corrected chi connectivity index (χ0v) is 8.69. The number of rotatable bonds is 1. The number of aromatic nitrogens is 2. The van der Waals surface area contributed by atoms with E-state index in [-0.39, 0.29) is 0 Å². The first-order valence-electron chi connectivity index (χ1n) is 5.61. The number of hydrogen-bond acceptors (Lipinski definition) is 2. The van der Waals surface area contributed by atoms with Crippen LogP contribution >= 0.6 is 0 Å². The van der Waals surface area contributed by atoms with E-state index in [0.29, 0.717) is 6.04 Å². The smallest absolute Gasteiger partial charge is 0.0709 e. The molecule has 3 rings (SSSR count). The van der Waals surface area contributed by atoms with Crippen LogP contribution in [0.25, 0.3) is 5.52 Å². The maximum atomic E-state index is 4.37. The van der Waals surface area contributed by atoms with Crippen LogP contribution in [0.2, 0.25) is 0 Å². The minimum absolute atomic E-state index is 0.499. The predicted octanol–water partition coefficient (Wildman–Crippen LogP) is 2.15. The Labute approximate surface area is 89.1 Å². The van der Waals surface area contributed by atoms with Gasteiger partial charge in [-0.1, -0.05) is 12.5 Å². The van der Waals surface area contributed by atoms with E-state index < -0.39 is 0 Å². The van der Waals surface area contributed by atoms with E-state index >= 15 is 0 Å². The van der Waals surface area contributed by atoms with Gasteiger partial charge in [-0.3, -0.25) is 0 Å². The van der Waals surface area contributed by atoms with Crippen LogP contribution in [-0.4, -0.2) is 16.2 Å². The summed E-state index contributed by atoms with van der Waals surface area (Å²) < 4.78 is 1.95. The molecule has 1 aliphatic rings. The standard InChI is InChI=1S/C12H15N3/c1-3-7-13-11(5-1)10-9-14-15-8-4-2-6-12(10)15/h2,4,6,8-9,11,13H,1,3,5,7H2. The van der Waals surface area contributed by atoms with E-state index in [9.17, 15) is 0 Å². The van der Waals surface area contributed by atoms with Gasteiger partial charge in [-0.15, -0.1) is 0 Å². The van der Waals surface area contributed by atoms with Crippen molar-refractivity contribution in [3.8, 4) is 0 Å². The monoisotopic (exact) mass is 201 g/mol. The van der Waals surface area contributed by atoms with Crippen LogP contribution in [0.1, 0.15) is 30.9 Å². The van der Waals surface area contributed by atoms with Crippen LogP contribution < -0.4 is 5.32 Å². The Morgan fingerprint density at radius 1 is 1.33 bits per heavy atom. The summed E-state index contributed by atoms with van der Waals surface area (Å²) in [5.74, 6) is 0. The van der Waals surface area contributed by atoms with Crippen molar-refractivity contribution in [1.29, 1.82) is 0 Å².